The second-order valence-electron chi connectivity index (χ2n) is 3.28. The summed E-state index contributed by atoms with van der Waals surface area (Å²) in [4.78, 5) is 4.33. The van der Waals surface area contributed by atoms with Crippen LogP contribution in [-0.2, 0) is 6.42 Å². The normalized spacial score (nSPS) is 10.4. The molecule has 0 aromatic carbocycles. The Morgan fingerprint density at radius 1 is 1.29 bits per heavy atom. The molecule has 0 spiro atoms. The lowest BCUT2D eigenvalue weighted by Crippen LogP contribution is -1.98. The highest BCUT2D eigenvalue weighted by Gasteiger charge is 1.98. The van der Waals surface area contributed by atoms with Crippen LogP contribution < -0.4 is 0 Å². The van der Waals surface area contributed by atoms with E-state index in [1.165, 1.54) is 5.56 Å². The van der Waals surface area contributed by atoms with Crippen LogP contribution in [0.5, 0.6) is 0 Å². The van der Waals surface area contributed by atoms with Gasteiger partial charge in [-0.1, -0.05) is 13.0 Å². The quantitative estimate of drug-likeness (QED) is 0.721. The molecule has 14 heavy (non-hydrogen) atoms. The Hall–Kier alpha value is -1.64. The maximum atomic E-state index is 4.33. The van der Waals surface area contributed by atoms with Crippen LogP contribution >= 0.6 is 0 Å². The Labute approximate surface area is 83.4 Å². The van der Waals surface area contributed by atoms with Crippen molar-refractivity contribution in [3.8, 4) is 5.82 Å². The Morgan fingerprint density at radius 3 is 2.64 bits per heavy atom. The van der Waals surface area contributed by atoms with Gasteiger partial charge in [0.2, 0.25) is 0 Å². The maximum Gasteiger partial charge on any atom is 0.153 e. The molecule has 0 N–H and O–H groups in total. The average molecular weight is 187 g/mol. The van der Waals surface area contributed by atoms with Gasteiger partial charge in [0.25, 0.3) is 0 Å². The van der Waals surface area contributed by atoms with Gasteiger partial charge >= 0.3 is 0 Å². The number of rotatable bonds is 2. The zero-order chi connectivity index (χ0) is 9.97. The van der Waals surface area contributed by atoms with E-state index < -0.39 is 0 Å². The molecule has 72 valence electrons. The molecule has 0 aliphatic heterocycles. The standard InChI is InChI=1S/C11H13N3/c1-3-10-4-5-11(12-8-10)14-7-6-9(2)13-14/h4-8H,3H2,1-2H3. The summed E-state index contributed by atoms with van der Waals surface area (Å²) < 4.78 is 1.79. The maximum absolute atomic E-state index is 4.33. The molecule has 3 nitrogen and oxygen atoms in total. The van der Waals surface area contributed by atoms with Gasteiger partial charge in [-0.05, 0) is 31.0 Å². The number of aromatic nitrogens is 3. The van der Waals surface area contributed by atoms with E-state index in [2.05, 4.69) is 23.1 Å². The second-order valence-corrected chi connectivity index (χ2v) is 3.28. The summed E-state index contributed by atoms with van der Waals surface area (Å²) in [6, 6.07) is 6.04. The summed E-state index contributed by atoms with van der Waals surface area (Å²) in [5.74, 6) is 0.871. The number of aryl methyl sites for hydroxylation is 2. The molecule has 3 heteroatoms. The first kappa shape index (κ1) is 8.94. The fraction of sp³-hybridized carbons (Fsp3) is 0.273. The van der Waals surface area contributed by atoms with E-state index in [4.69, 9.17) is 0 Å². The highest BCUT2D eigenvalue weighted by molar-refractivity contribution is 5.24. The molecule has 2 heterocycles. The number of hydrogen-bond donors (Lipinski definition) is 0. The second kappa shape index (κ2) is 3.62. The molecule has 0 unspecified atom stereocenters. The van der Waals surface area contributed by atoms with E-state index in [0.717, 1.165) is 17.9 Å². The first-order valence-corrected chi connectivity index (χ1v) is 4.77. The lowest BCUT2D eigenvalue weighted by molar-refractivity contribution is 0.829. The van der Waals surface area contributed by atoms with Crippen molar-refractivity contribution in [1.29, 1.82) is 0 Å². The largest absolute Gasteiger partial charge is 0.237 e. The van der Waals surface area contributed by atoms with Crippen molar-refractivity contribution in [3.05, 3.63) is 41.9 Å². The van der Waals surface area contributed by atoms with Crippen LogP contribution in [0.3, 0.4) is 0 Å². The molecule has 0 amide bonds. The van der Waals surface area contributed by atoms with Crippen molar-refractivity contribution in [2.45, 2.75) is 20.3 Å². The minimum absolute atomic E-state index is 0.871. The summed E-state index contributed by atoms with van der Waals surface area (Å²) in [6.45, 7) is 4.09. The van der Waals surface area contributed by atoms with E-state index in [1.54, 1.807) is 4.68 Å². The average Bonchev–Trinajstić information content (AvgIpc) is 2.65. The van der Waals surface area contributed by atoms with Crippen LogP contribution in [0, 0.1) is 6.92 Å². The Morgan fingerprint density at radius 2 is 2.14 bits per heavy atom. The Bertz CT molecular complexity index is 414. The fourth-order valence-electron chi connectivity index (χ4n) is 1.30. The first-order chi connectivity index (χ1) is 6.79. The van der Waals surface area contributed by atoms with Gasteiger partial charge in [0.05, 0.1) is 5.69 Å². The monoisotopic (exact) mass is 187 g/mol. The molecule has 0 saturated carbocycles. The van der Waals surface area contributed by atoms with E-state index in [1.807, 2.05) is 31.5 Å². The molecule has 0 radical (unpaired) electrons. The number of nitrogens with zero attached hydrogens (tertiary/aromatic N) is 3. The van der Waals surface area contributed by atoms with Crippen LogP contribution in [0.15, 0.2) is 30.6 Å². The SMILES string of the molecule is CCc1ccc(-n2ccc(C)n2)nc1. The molecule has 0 atom stereocenters. The molecular weight excluding hydrogens is 174 g/mol. The van der Waals surface area contributed by atoms with E-state index in [0.29, 0.717) is 0 Å². The molecule has 0 aliphatic carbocycles. The van der Waals surface area contributed by atoms with Gasteiger partial charge in [0.15, 0.2) is 5.82 Å². The molecule has 2 aromatic rings. The highest BCUT2D eigenvalue weighted by atomic mass is 15.3. The van der Waals surface area contributed by atoms with Crippen LogP contribution in [0.2, 0.25) is 0 Å². The van der Waals surface area contributed by atoms with E-state index >= 15 is 0 Å². The lowest BCUT2D eigenvalue weighted by atomic mass is 10.2. The van der Waals surface area contributed by atoms with Gasteiger partial charge < -0.3 is 0 Å². The topological polar surface area (TPSA) is 30.7 Å². The number of pyridine rings is 1. The lowest BCUT2D eigenvalue weighted by Gasteiger charge is -2.00. The van der Waals surface area contributed by atoms with Crippen molar-refractivity contribution in [2.75, 3.05) is 0 Å². The molecule has 0 saturated heterocycles. The molecular formula is C11H13N3. The van der Waals surface area contributed by atoms with Crippen molar-refractivity contribution in [2.24, 2.45) is 0 Å². The first-order valence-electron chi connectivity index (χ1n) is 4.77. The van der Waals surface area contributed by atoms with E-state index in [-0.39, 0.29) is 0 Å². The minimum Gasteiger partial charge on any atom is -0.237 e. The minimum atomic E-state index is 0.871. The van der Waals surface area contributed by atoms with Gasteiger partial charge in [0, 0.05) is 12.4 Å². The van der Waals surface area contributed by atoms with Crippen molar-refractivity contribution >= 4 is 0 Å². The molecule has 0 bridgehead atoms. The van der Waals surface area contributed by atoms with Crippen molar-refractivity contribution in [3.63, 3.8) is 0 Å². The summed E-state index contributed by atoms with van der Waals surface area (Å²) in [7, 11) is 0. The predicted octanol–water partition coefficient (Wildman–Crippen LogP) is 2.14. The third-order valence-electron chi connectivity index (χ3n) is 2.17. The highest BCUT2D eigenvalue weighted by Crippen LogP contribution is 2.05. The van der Waals surface area contributed by atoms with Crippen LogP contribution in [-0.4, -0.2) is 14.8 Å². The summed E-state index contributed by atoms with van der Waals surface area (Å²) in [5, 5.41) is 4.29. The van der Waals surface area contributed by atoms with Gasteiger partial charge in [-0.15, -0.1) is 0 Å². The summed E-state index contributed by atoms with van der Waals surface area (Å²) in [6.07, 6.45) is 4.83. The predicted molar refractivity (Wildman–Crippen MR) is 55.5 cm³/mol. The smallest absolute Gasteiger partial charge is 0.153 e. The van der Waals surface area contributed by atoms with Crippen molar-refractivity contribution < 1.29 is 0 Å². The van der Waals surface area contributed by atoms with Gasteiger partial charge in [-0.25, -0.2) is 9.67 Å². The Kier molecular flexibility index (Phi) is 2.31. The van der Waals surface area contributed by atoms with Crippen LogP contribution in [0.1, 0.15) is 18.2 Å². The third kappa shape index (κ3) is 1.66. The van der Waals surface area contributed by atoms with E-state index in [9.17, 15) is 0 Å². The summed E-state index contributed by atoms with van der Waals surface area (Å²) >= 11 is 0. The fourth-order valence-corrected chi connectivity index (χ4v) is 1.30. The molecule has 2 rings (SSSR count). The molecule has 0 aliphatic rings. The molecule has 2 aromatic heterocycles. The van der Waals surface area contributed by atoms with Gasteiger partial charge in [0.1, 0.15) is 0 Å². The van der Waals surface area contributed by atoms with Crippen LogP contribution in [0.4, 0.5) is 0 Å². The van der Waals surface area contributed by atoms with Crippen molar-refractivity contribution in [1.82, 2.24) is 14.8 Å². The zero-order valence-corrected chi connectivity index (χ0v) is 8.44. The Balaban J connectivity index is 2.33. The van der Waals surface area contributed by atoms with Crippen LogP contribution in [0.25, 0.3) is 5.82 Å². The number of hydrogen-bond acceptors (Lipinski definition) is 2. The molecule has 0 fully saturated rings. The van der Waals surface area contributed by atoms with Gasteiger partial charge in [-0.3, -0.25) is 0 Å². The summed E-state index contributed by atoms with van der Waals surface area (Å²) in [5.41, 5.74) is 2.25. The third-order valence-corrected chi connectivity index (χ3v) is 2.17. The van der Waals surface area contributed by atoms with Gasteiger partial charge in [-0.2, -0.15) is 5.10 Å². The zero-order valence-electron chi connectivity index (χ0n) is 8.44.